The third kappa shape index (κ3) is 0.297. The zero-order valence-corrected chi connectivity index (χ0v) is 2.73. The highest BCUT2D eigenvalue weighted by molar-refractivity contribution is 5.00. The Bertz CT molecular complexity index is 68.6. The van der Waals surface area contributed by atoms with E-state index in [2.05, 4.69) is 16.4 Å². The molecule has 25 valence electrons. The molecule has 0 fully saturated rings. The molecule has 0 amide bonds. The van der Waals surface area contributed by atoms with Crippen LogP contribution in [0.25, 0.3) is 4.85 Å². The molecule has 0 aromatic heterocycles. The molecule has 1 N–H and O–H groups in total. The van der Waals surface area contributed by atoms with E-state index in [1.54, 1.807) is 6.54 Å². The van der Waals surface area contributed by atoms with Crippen molar-refractivity contribution in [3.05, 3.63) is 11.4 Å². The third-order valence-electron chi connectivity index (χ3n) is 0.428. The van der Waals surface area contributed by atoms with Crippen LogP contribution in [0, 0.1) is 12.7 Å². The highest BCUT2D eigenvalue weighted by atomic mass is 15.0. The number of hydrogen-bond donors (Lipinski definition) is 1. The first-order valence-corrected chi connectivity index (χ1v) is 1.49. The lowest BCUT2D eigenvalue weighted by atomic mass is 10.7. The molecular formula is C3H4N2+. The molecule has 0 bridgehead atoms. The van der Waals surface area contributed by atoms with Crippen molar-refractivity contribution in [1.82, 2.24) is 5.32 Å². The van der Waals surface area contributed by atoms with E-state index in [1.165, 1.54) is 0 Å². The maximum absolute atomic E-state index is 3.60. The molecule has 0 aromatic carbocycles. The Morgan fingerprint density at radius 2 is 3.00 bits per heavy atom. The molecule has 0 atom stereocenters. The molecule has 1 rings (SSSR count). The number of rotatable bonds is 0. The van der Waals surface area contributed by atoms with Gasteiger partial charge in [-0.25, -0.2) is 5.32 Å². The SMILES string of the molecule is C1#[N+][CH]CN1. The molecule has 1 radical (unpaired) electrons. The van der Waals surface area contributed by atoms with E-state index in [1.807, 2.05) is 0 Å². The summed E-state index contributed by atoms with van der Waals surface area (Å²) in [5.41, 5.74) is 0. The zero-order chi connectivity index (χ0) is 3.54. The topological polar surface area (TPSA) is 16.4 Å². The largest absolute Gasteiger partial charge is 0.369 e. The van der Waals surface area contributed by atoms with Crippen LogP contribution in [0.2, 0.25) is 0 Å². The van der Waals surface area contributed by atoms with Crippen molar-refractivity contribution in [2.24, 2.45) is 0 Å². The van der Waals surface area contributed by atoms with Crippen LogP contribution >= 0.6 is 0 Å². The Morgan fingerprint density at radius 1 is 2.00 bits per heavy atom. The highest BCUT2D eigenvalue weighted by Gasteiger charge is 1.96. The van der Waals surface area contributed by atoms with E-state index >= 15 is 0 Å². The Kier molecular flexibility index (Phi) is 0.473. The van der Waals surface area contributed by atoms with E-state index < -0.39 is 0 Å². The van der Waals surface area contributed by atoms with Crippen LogP contribution in [0.3, 0.4) is 0 Å². The van der Waals surface area contributed by atoms with Crippen molar-refractivity contribution >= 4 is 0 Å². The molecule has 0 unspecified atom stereocenters. The van der Waals surface area contributed by atoms with Crippen LogP contribution < -0.4 is 5.32 Å². The van der Waals surface area contributed by atoms with E-state index in [0.29, 0.717) is 0 Å². The van der Waals surface area contributed by atoms with Crippen molar-refractivity contribution in [3.8, 4) is 6.19 Å². The molecule has 5 heavy (non-hydrogen) atoms. The average molecular weight is 68.1 g/mol. The maximum atomic E-state index is 3.60. The monoisotopic (exact) mass is 68.0 g/mol. The van der Waals surface area contributed by atoms with E-state index in [4.69, 9.17) is 0 Å². The molecule has 1 heterocycles. The van der Waals surface area contributed by atoms with Crippen LogP contribution in [-0.4, -0.2) is 6.54 Å². The summed E-state index contributed by atoms with van der Waals surface area (Å²) in [6.07, 6.45) is 2.54. The van der Waals surface area contributed by atoms with Crippen molar-refractivity contribution in [2.45, 2.75) is 0 Å². The number of nitrogens with one attached hydrogen (secondary N) is 1. The molecule has 1 aliphatic rings. The van der Waals surface area contributed by atoms with Gasteiger partial charge in [0.05, 0.1) is 0 Å². The second kappa shape index (κ2) is 0.937. The molecule has 0 spiro atoms. The van der Waals surface area contributed by atoms with Gasteiger partial charge >= 0.3 is 6.19 Å². The van der Waals surface area contributed by atoms with E-state index in [0.717, 1.165) is 6.54 Å². The van der Waals surface area contributed by atoms with Gasteiger partial charge in [0.25, 0.3) is 6.54 Å². The first-order chi connectivity index (χ1) is 2.50. The van der Waals surface area contributed by atoms with Gasteiger partial charge in [0, 0.05) is 0 Å². The molecule has 0 aromatic rings. The minimum absolute atomic E-state index is 0.847. The van der Waals surface area contributed by atoms with Crippen LogP contribution in [0.1, 0.15) is 0 Å². The van der Waals surface area contributed by atoms with Crippen LogP contribution in [0.4, 0.5) is 0 Å². The molecule has 2 heteroatoms. The van der Waals surface area contributed by atoms with Gasteiger partial charge in [-0.3, -0.25) is 0 Å². The van der Waals surface area contributed by atoms with Crippen molar-refractivity contribution < 1.29 is 0 Å². The number of nitrogens with zero attached hydrogens (tertiary/aromatic N) is 1. The Balaban J connectivity index is 2.42. The minimum atomic E-state index is 0.847. The average Bonchev–Trinajstić information content (AvgIpc) is 1.76. The smallest absolute Gasteiger partial charge is 0.217 e. The molecule has 0 saturated heterocycles. The summed E-state index contributed by atoms with van der Waals surface area (Å²) in [7, 11) is 0. The zero-order valence-electron chi connectivity index (χ0n) is 2.73. The summed E-state index contributed by atoms with van der Waals surface area (Å²) < 4.78 is 0. The van der Waals surface area contributed by atoms with Crippen LogP contribution in [0.5, 0.6) is 0 Å². The lowest BCUT2D eigenvalue weighted by molar-refractivity contribution is 1.03. The summed E-state index contributed by atoms with van der Waals surface area (Å²) in [5.74, 6) is 0. The summed E-state index contributed by atoms with van der Waals surface area (Å²) in [5, 5.41) is 2.75. The molecule has 2 nitrogen and oxygen atoms in total. The fourth-order valence-electron chi connectivity index (χ4n) is 0.228. The summed E-state index contributed by atoms with van der Waals surface area (Å²) in [4.78, 5) is 3.60. The first-order valence-electron chi connectivity index (χ1n) is 1.49. The first kappa shape index (κ1) is 2.52. The highest BCUT2D eigenvalue weighted by Crippen LogP contribution is 1.78. The second-order valence-electron chi connectivity index (χ2n) is 0.804. The summed E-state index contributed by atoms with van der Waals surface area (Å²) >= 11 is 0. The molecule has 1 aliphatic heterocycles. The van der Waals surface area contributed by atoms with Gasteiger partial charge in [-0.1, -0.05) is 0 Å². The molecular weight excluding hydrogens is 64.0 g/mol. The predicted molar refractivity (Wildman–Crippen MR) is 19.5 cm³/mol. The van der Waals surface area contributed by atoms with Gasteiger partial charge in [-0.05, 0) is 0 Å². The van der Waals surface area contributed by atoms with Crippen LogP contribution in [0.15, 0.2) is 0 Å². The Labute approximate surface area is 30.6 Å². The minimum Gasteiger partial charge on any atom is -0.217 e. The summed E-state index contributed by atoms with van der Waals surface area (Å²) in [6, 6.07) is 0. The van der Waals surface area contributed by atoms with Crippen molar-refractivity contribution in [2.75, 3.05) is 6.54 Å². The van der Waals surface area contributed by atoms with Crippen LogP contribution in [-0.2, 0) is 0 Å². The van der Waals surface area contributed by atoms with Gasteiger partial charge in [0.1, 0.15) is 0 Å². The third-order valence-corrected chi connectivity index (χ3v) is 0.428. The quantitative estimate of drug-likeness (QED) is 0.396. The maximum Gasteiger partial charge on any atom is 0.369 e. The van der Waals surface area contributed by atoms with E-state index in [9.17, 15) is 0 Å². The van der Waals surface area contributed by atoms with Gasteiger partial charge in [0.2, 0.25) is 0 Å². The fraction of sp³-hybridized carbons (Fsp3) is 0.333. The van der Waals surface area contributed by atoms with Gasteiger partial charge < -0.3 is 0 Å². The molecule has 0 saturated carbocycles. The van der Waals surface area contributed by atoms with E-state index in [-0.39, 0.29) is 0 Å². The van der Waals surface area contributed by atoms with Gasteiger partial charge in [-0.2, -0.15) is 4.85 Å². The number of hydrogen-bond acceptors (Lipinski definition) is 1. The standard InChI is InChI=1S/C3H4N2/c1-2-5-3-4-1/h1,5H,2H2/q+1. The molecule has 0 aliphatic carbocycles. The normalized spacial score (nSPS) is 16.0. The van der Waals surface area contributed by atoms with Crippen molar-refractivity contribution in [3.63, 3.8) is 0 Å². The van der Waals surface area contributed by atoms with Gasteiger partial charge in [-0.15, -0.1) is 0 Å². The van der Waals surface area contributed by atoms with Crippen molar-refractivity contribution in [1.29, 1.82) is 0 Å². The summed E-state index contributed by atoms with van der Waals surface area (Å²) in [6.45, 7) is 2.61. The fourth-order valence-corrected chi connectivity index (χ4v) is 0.228. The Hall–Kier alpha value is -0.710. The Morgan fingerprint density at radius 3 is 3.20 bits per heavy atom. The second-order valence-corrected chi connectivity index (χ2v) is 0.804. The lowest BCUT2D eigenvalue weighted by Gasteiger charge is -1.59. The van der Waals surface area contributed by atoms with Gasteiger partial charge in [0.15, 0.2) is 6.54 Å². The predicted octanol–water partition coefficient (Wildman–Crippen LogP) is 0.0418. The lowest BCUT2D eigenvalue weighted by Crippen LogP contribution is -1.99.